The van der Waals surface area contributed by atoms with Crippen LogP contribution < -0.4 is 5.32 Å². The standard InChI is InChI=1S/C24H19ClF3N5O3/c25-16-4-1-14(2-5-16)21-20(22(36-32-21)24(26,27)28)18-12-33(13-30-18)19-6-3-15(11-29-19)23(34)31-17-7-9-35-10-8-17/h1-6,11-13,17H,7-10H2,(H,31,34). The van der Waals surface area contributed by atoms with Crippen LogP contribution in [0.1, 0.15) is 29.0 Å². The topological polar surface area (TPSA) is 95.1 Å². The van der Waals surface area contributed by atoms with Crippen molar-refractivity contribution in [2.45, 2.75) is 25.1 Å². The molecule has 12 heteroatoms. The van der Waals surface area contributed by atoms with E-state index in [4.69, 9.17) is 20.9 Å². The SMILES string of the molecule is O=C(NC1CCOCC1)c1ccc(-n2cnc(-c3c(-c4ccc(Cl)cc4)noc3C(F)(F)F)c2)nc1. The van der Waals surface area contributed by atoms with Crippen LogP contribution in [0.4, 0.5) is 13.2 Å². The highest BCUT2D eigenvalue weighted by atomic mass is 35.5. The van der Waals surface area contributed by atoms with Crippen molar-refractivity contribution in [3.8, 4) is 28.3 Å². The molecule has 0 atom stereocenters. The molecule has 8 nitrogen and oxygen atoms in total. The molecule has 1 N–H and O–H groups in total. The van der Waals surface area contributed by atoms with Gasteiger partial charge in [0.2, 0.25) is 5.76 Å². The number of benzene rings is 1. The highest BCUT2D eigenvalue weighted by Crippen LogP contribution is 2.42. The Bertz CT molecular complexity index is 1360. The number of carbonyl (C=O) groups is 1. The first kappa shape index (κ1) is 24.0. The summed E-state index contributed by atoms with van der Waals surface area (Å²) in [6.45, 7) is 1.21. The molecular weight excluding hydrogens is 499 g/mol. The van der Waals surface area contributed by atoms with Crippen LogP contribution in [0.2, 0.25) is 5.02 Å². The maximum absolute atomic E-state index is 13.7. The normalized spacial score (nSPS) is 14.7. The molecule has 1 saturated heterocycles. The van der Waals surface area contributed by atoms with Gasteiger partial charge in [0, 0.05) is 42.2 Å². The lowest BCUT2D eigenvalue weighted by molar-refractivity contribution is -0.154. The van der Waals surface area contributed by atoms with Crippen LogP contribution >= 0.6 is 11.6 Å². The Kier molecular flexibility index (Phi) is 6.50. The van der Waals surface area contributed by atoms with Crippen molar-refractivity contribution in [1.29, 1.82) is 0 Å². The molecule has 0 unspecified atom stereocenters. The lowest BCUT2D eigenvalue weighted by Gasteiger charge is -2.23. The summed E-state index contributed by atoms with van der Waals surface area (Å²) in [4.78, 5) is 20.9. The average Bonchev–Trinajstić information content (AvgIpc) is 3.53. The van der Waals surface area contributed by atoms with Crippen molar-refractivity contribution in [3.63, 3.8) is 0 Å². The minimum absolute atomic E-state index is 0.00309. The molecule has 3 aromatic heterocycles. The first-order valence-corrected chi connectivity index (χ1v) is 11.4. The third-order valence-corrected chi connectivity index (χ3v) is 5.99. The van der Waals surface area contributed by atoms with Gasteiger partial charge in [-0.1, -0.05) is 28.9 Å². The number of halogens is 4. The first-order chi connectivity index (χ1) is 17.3. The Morgan fingerprint density at radius 2 is 1.83 bits per heavy atom. The second-order valence-corrected chi connectivity index (χ2v) is 8.61. The van der Waals surface area contributed by atoms with E-state index in [1.165, 1.54) is 23.3 Å². The van der Waals surface area contributed by atoms with Crippen LogP contribution in [0.15, 0.2) is 59.6 Å². The van der Waals surface area contributed by atoms with Crippen molar-refractivity contribution in [2.75, 3.05) is 13.2 Å². The summed E-state index contributed by atoms with van der Waals surface area (Å²) in [5.74, 6) is -1.14. The van der Waals surface area contributed by atoms with E-state index in [9.17, 15) is 18.0 Å². The van der Waals surface area contributed by atoms with E-state index < -0.39 is 11.9 Å². The number of hydrogen-bond acceptors (Lipinski definition) is 6. The summed E-state index contributed by atoms with van der Waals surface area (Å²) < 4.78 is 52.5. The highest BCUT2D eigenvalue weighted by molar-refractivity contribution is 6.30. The summed E-state index contributed by atoms with van der Waals surface area (Å²) in [5, 5.41) is 7.05. The smallest absolute Gasteiger partial charge is 0.381 e. The van der Waals surface area contributed by atoms with Gasteiger partial charge in [-0.3, -0.25) is 9.36 Å². The molecule has 1 amide bonds. The zero-order valence-corrected chi connectivity index (χ0v) is 19.4. The van der Waals surface area contributed by atoms with E-state index in [1.54, 1.807) is 36.4 Å². The largest absolute Gasteiger partial charge is 0.453 e. The van der Waals surface area contributed by atoms with Crippen LogP contribution in [0, 0.1) is 0 Å². The molecule has 0 spiro atoms. The summed E-state index contributed by atoms with van der Waals surface area (Å²) >= 11 is 5.91. The number of nitrogens with one attached hydrogen (secondary N) is 1. The molecule has 1 aliphatic heterocycles. The second-order valence-electron chi connectivity index (χ2n) is 8.17. The predicted octanol–water partition coefficient (Wildman–Crippen LogP) is 5.17. The number of amides is 1. The Morgan fingerprint density at radius 1 is 1.08 bits per heavy atom. The van der Waals surface area contributed by atoms with Gasteiger partial charge in [-0.25, -0.2) is 9.97 Å². The van der Waals surface area contributed by atoms with E-state index in [1.807, 2.05) is 0 Å². The number of pyridine rings is 1. The van der Waals surface area contributed by atoms with Gasteiger partial charge in [0.1, 0.15) is 17.8 Å². The Hall–Kier alpha value is -3.70. The van der Waals surface area contributed by atoms with Crippen LogP contribution in [0.5, 0.6) is 0 Å². The number of alkyl halides is 3. The van der Waals surface area contributed by atoms with Crippen molar-refractivity contribution in [1.82, 2.24) is 25.0 Å². The molecule has 0 radical (unpaired) electrons. The number of aromatic nitrogens is 4. The van der Waals surface area contributed by atoms with Crippen LogP contribution in [0.3, 0.4) is 0 Å². The lowest BCUT2D eigenvalue weighted by Crippen LogP contribution is -2.38. The lowest BCUT2D eigenvalue weighted by atomic mass is 10.0. The number of ether oxygens (including phenoxy) is 1. The summed E-state index contributed by atoms with van der Waals surface area (Å²) in [5.41, 5.74) is 0.445. The molecule has 0 aliphatic carbocycles. The van der Waals surface area contributed by atoms with Crippen LogP contribution in [0.25, 0.3) is 28.3 Å². The Balaban J connectivity index is 1.42. The molecule has 5 rings (SSSR count). The van der Waals surface area contributed by atoms with Gasteiger partial charge >= 0.3 is 6.18 Å². The van der Waals surface area contributed by atoms with Crippen LogP contribution in [-0.4, -0.2) is 44.9 Å². The van der Waals surface area contributed by atoms with E-state index in [0.29, 0.717) is 35.2 Å². The third-order valence-electron chi connectivity index (χ3n) is 5.74. The van der Waals surface area contributed by atoms with Gasteiger partial charge < -0.3 is 14.6 Å². The summed E-state index contributed by atoms with van der Waals surface area (Å²) in [7, 11) is 0. The zero-order valence-electron chi connectivity index (χ0n) is 18.6. The number of rotatable bonds is 5. The van der Waals surface area contributed by atoms with Gasteiger partial charge in [0.15, 0.2) is 0 Å². The van der Waals surface area contributed by atoms with Crippen molar-refractivity contribution in [3.05, 3.63) is 71.5 Å². The first-order valence-electron chi connectivity index (χ1n) is 11.0. The number of hydrogen-bond donors (Lipinski definition) is 1. The molecule has 1 aliphatic rings. The van der Waals surface area contributed by atoms with Gasteiger partial charge in [-0.05, 0) is 37.1 Å². The Morgan fingerprint density at radius 3 is 2.50 bits per heavy atom. The number of carbonyl (C=O) groups excluding carboxylic acids is 1. The van der Waals surface area contributed by atoms with Gasteiger partial charge in [-0.15, -0.1) is 0 Å². The number of nitrogens with zero attached hydrogens (tertiary/aromatic N) is 4. The quantitative estimate of drug-likeness (QED) is 0.392. The maximum atomic E-state index is 13.7. The van der Waals surface area contributed by atoms with E-state index in [0.717, 1.165) is 12.8 Å². The fourth-order valence-corrected chi connectivity index (χ4v) is 4.01. The predicted molar refractivity (Wildman–Crippen MR) is 124 cm³/mol. The molecule has 186 valence electrons. The highest BCUT2D eigenvalue weighted by Gasteiger charge is 2.41. The monoisotopic (exact) mass is 517 g/mol. The minimum Gasteiger partial charge on any atom is -0.381 e. The van der Waals surface area contributed by atoms with Crippen molar-refractivity contribution in [2.24, 2.45) is 0 Å². The molecule has 0 saturated carbocycles. The molecule has 4 aromatic rings. The minimum atomic E-state index is -4.78. The maximum Gasteiger partial charge on any atom is 0.453 e. The number of imidazole rings is 1. The van der Waals surface area contributed by atoms with Crippen LogP contribution in [-0.2, 0) is 10.9 Å². The third kappa shape index (κ3) is 4.98. The second kappa shape index (κ2) is 9.75. The van der Waals surface area contributed by atoms with E-state index in [2.05, 4.69) is 20.4 Å². The molecular formula is C24H19ClF3N5O3. The van der Waals surface area contributed by atoms with E-state index in [-0.39, 0.29) is 28.9 Å². The van der Waals surface area contributed by atoms with Crippen molar-refractivity contribution < 1.29 is 27.2 Å². The summed E-state index contributed by atoms with van der Waals surface area (Å²) in [6.07, 6.45) is 0.840. The molecule has 0 bridgehead atoms. The fraction of sp³-hybridized carbons (Fsp3) is 0.250. The molecule has 1 fully saturated rings. The van der Waals surface area contributed by atoms with Gasteiger partial charge in [-0.2, -0.15) is 13.2 Å². The Labute approximate surface area is 208 Å². The summed E-state index contributed by atoms with van der Waals surface area (Å²) in [6, 6.07) is 9.41. The average molecular weight is 518 g/mol. The molecule has 4 heterocycles. The fourth-order valence-electron chi connectivity index (χ4n) is 3.89. The van der Waals surface area contributed by atoms with E-state index >= 15 is 0 Å². The van der Waals surface area contributed by atoms with Gasteiger partial charge in [0.25, 0.3) is 5.91 Å². The molecule has 1 aromatic carbocycles. The van der Waals surface area contributed by atoms with Gasteiger partial charge in [0.05, 0.1) is 16.8 Å². The van der Waals surface area contributed by atoms with Crippen molar-refractivity contribution >= 4 is 17.5 Å². The molecule has 36 heavy (non-hydrogen) atoms. The zero-order chi connectivity index (χ0) is 25.3.